The van der Waals surface area contributed by atoms with Gasteiger partial charge in [0, 0.05) is 0 Å². The van der Waals surface area contributed by atoms with E-state index in [-0.39, 0.29) is 17.5 Å². The first-order valence-electron chi connectivity index (χ1n) is 4.71. The summed E-state index contributed by atoms with van der Waals surface area (Å²) < 4.78 is 30.2. The van der Waals surface area contributed by atoms with Crippen LogP contribution in [0.5, 0.6) is 0 Å². The Morgan fingerprint density at radius 2 is 2.12 bits per heavy atom. The molecule has 0 aromatic heterocycles. The number of carbonyl (C=O) groups is 1. The SMILES string of the molecule is COC(=O)CC=Cc1cc(F)c(F)cc1C#N. The number of carbonyl (C=O) groups excluding carboxylic acids is 1. The van der Waals surface area contributed by atoms with Crippen LogP contribution < -0.4 is 0 Å². The smallest absolute Gasteiger partial charge is 0.309 e. The lowest BCUT2D eigenvalue weighted by Gasteiger charge is -1.99. The lowest BCUT2D eigenvalue weighted by molar-refractivity contribution is -0.139. The standard InChI is InChI=1S/C12H9F2NO2/c1-17-12(16)4-2-3-8-5-10(13)11(14)6-9(8)7-15/h2-3,5-6H,4H2,1H3. The van der Waals surface area contributed by atoms with Gasteiger partial charge in [-0.15, -0.1) is 0 Å². The molecule has 0 bridgehead atoms. The summed E-state index contributed by atoms with van der Waals surface area (Å²) in [6.07, 6.45) is 2.79. The summed E-state index contributed by atoms with van der Waals surface area (Å²) in [5.41, 5.74) is 0.223. The third-order valence-electron chi connectivity index (χ3n) is 2.02. The molecule has 0 aliphatic rings. The Morgan fingerprint density at radius 1 is 1.47 bits per heavy atom. The summed E-state index contributed by atoms with van der Waals surface area (Å²) in [6.45, 7) is 0. The molecule has 3 nitrogen and oxygen atoms in total. The van der Waals surface area contributed by atoms with E-state index in [4.69, 9.17) is 5.26 Å². The van der Waals surface area contributed by atoms with Gasteiger partial charge in [0.1, 0.15) is 0 Å². The molecule has 1 rings (SSSR count). The lowest BCUT2D eigenvalue weighted by atomic mass is 10.1. The minimum Gasteiger partial charge on any atom is -0.469 e. The van der Waals surface area contributed by atoms with E-state index in [1.54, 1.807) is 6.07 Å². The molecule has 0 fully saturated rings. The number of ether oxygens (including phenoxy) is 1. The summed E-state index contributed by atoms with van der Waals surface area (Å²) in [6, 6.07) is 3.46. The average Bonchev–Trinajstić information content (AvgIpc) is 2.32. The second-order valence-electron chi connectivity index (χ2n) is 3.15. The van der Waals surface area contributed by atoms with Crippen molar-refractivity contribution in [3.05, 3.63) is 41.0 Å². The zero-order valence-corrected chi connectivity index (χ0v) is 9.04. The van der Waals surface area contributed by atoms with Crippen molar-refractivity contribution >= 4 is 12.0 Å². The summed E-state index contributed by atoms with van der Waals surface area (Å²) in [5, 5.41) is 8.72. The summed E-state index contributed by atoms with van der Waals surface area (Å²) in [4.78, 5) is 10.8. The molecule has 0 aliphatic heterocycles. The first-order chi connectivity index (χ1) is 8.08. The van der Waals surface area contributed by atoms with E-state index in [0.29, 0.717) is 0 Å². The molecule has 0 saturated heterocycles. The van der Waals surface area contributed by atoms with Crippen molar-refractivity contribution in [2.24, 2.45) is 0 Å². The van der Waals surface area contributed by atoms with Crippen molar-refractivity contribution in [2.75, 3.05) is 7.11 Å². The topological polar surface area (TPSA) is 50.1 Å². The number of nitrogens with zero attached hydrogens (tertiary/aromatic N) is 1. The molecule has 0 unspecified atom stereocenters. The van der Waals surface area contributed by atoms with Gasteiger partial charge in [0.15, 0.2) is 11.6 Å². The third kappa shape index (κ3) is 3.38. The van der Waals surface area contributed by atoms with Gasteiger partial charge in [0.25, 0.3) is 0 Å². The number of hydrogen-bond acceptors (Lipinski definition) is 3. The number of esters is 1. The fourth-order valence-electron chi connectivity index (χ4n) is 1.16. The molecule has 1 aromatic rings. The molecule has 0 amide bonds. The highest BCUT2D eigenvalue weighted by Gasteiger charge is 2.07. The molecule has 88 valence electrons. The fourth-order valence-corrected chi connectivity index (χ4v) is 1.16. The molecule has 0 radical (unpaired) electrons. The average molecular weight is 237 g/mol. The van der Waals surface area contributed by atoms with Gasteiger partial charge >= 0.3 is 5.97 Å². The van der Waals surface area contributed by atoms with Crippen molar-refractivity contribution in [1.82, 2.24) is 0 Å². The van der Waals surface area contributed by atoms with Crippen molar-refractivity contribution in [3.63, 3.8) is 0 Å². The van der Waals surface area contributed by atoms with Crippen LogP contribution in [0.4, 0.5) is 8.78 Å². The predicted octanol–water partition coefficient (Wildman–Crippen LogP) is 2.41. The second-order valence-corrected chi connectivity index (χ2v) is 3.15. The van der Waals surface area contributed by atoms with Crippen molar-refractivity contribution in [2.45, 2.75) is 6.42 Å². The normalized spacial score (nSPS) is 10.2. The van der Waals surface area contributed by atoms with Gasteiger partial charge in [-0.3, -0.25) is 4.79 Å². The number of rotatable bonds is 3. The Morgan fingerprint density at radius 3 is 2.71 bits per heavy atom. The van der Waals surface area contributed by atoms with Gasteiger partial charge in [-0.1, -0.05) is 12.2 Å². The van der Waals surface area contributed by atoms with Crippen LogP contribution in [0.3, 0.4) is 0 Å². The molecular weight excluding hydrogens is 228 g/mol. The van der Waals surface area contributed by atoms with Gasteiger partial charge in [0.05, 0.1) is 25.2 Å². The van der Waals surface area contributed by atoms with Crippen LogP contribution in [0.2, 0.25) is 0 Å². The minimum atomic E-state index is -1.08. The van der Waals surface area contributed by atoms with E-state index >= 15 is 0 Å². The molecule has 0 N–H and O–H groups in total. The van der Waals surface area contributed by atoms with Gasteiger partial charge < -0.3 is 4.74 Å². The van der Waals surface area contributed by atoms with Crippen LogP contribution in [-0.2, 0) is 9.53 Å². The van der Waals surface area contributed by atoms with Crippen LogP contribution >= 0.6 is 0 Å². The Kier molecular flexibility index (Phi) is 4.35. The molecule has 1 aromatic carbocycles. The Bertz CT molecular complexity index is 504. The highest BCUT2D eigenvalue weighted by molar-refractivity contribution is 5.73. The number of hydrogen-bond donors (Lipinski definition) is 0. The van der Waals surface area contributed by atoms with Crippen molar-refractivity contribution in [3.8, 4) is 6.07 Å². The molecule has 0 spiro atoms. The van der Waals surface area contributed by atoms with E-state index in [1.807, 2.05) is 0 Å². The lowest BCUT2D eigenvalue weighted by Crippen LogP contribution is -1.97. The van der Waals surface area contributed by atoms with Gasteiger partial charge in [-0.05, 0) is 17.7 Å². The van der Waals surface area contributed by atoms with Gasteiger partial charge in [0.2, 0.25) is 0 Å². The van der Waals surface area contributed by atoms with E-state index < -0.39 is 17.6 Å². The predicted molar refractivity (Wildman–Crippen MR) is 56.7 cm³/mol. The number of methoxy groups -OCH3 is 1. The molecule has 0 atom stereocenters. The molecule has 5 heteroatoms. The largest absolute Gasteiger partial charge is 0.469 e. The maximum atomic E-state index is 12.9. The van der Waals surface area contributed by atoms with Crippen molar-refractivity contribution in [1.29, 1.82) is 5.26 Å². The molecule has 0 aliphatic carbocycles. The monoisotopic (exact) mass is 237 g/mol. The number of benzene rings is 1. The summed E-state index contributed by atoms with van der Waals surface area (Å²) in [5.74, 6) is -2.57. The highest BCUT2D eigenvalue weighted by Crippen LogP contribution is 2.16. The Balaban J connectivity index is 2.95. The van der Waals surface area contributed by atoms with E-state index in [2.05, 4.69) is 4.74 Å². The highest BCUT2D eigenvalue weighted by atomic mass is 19.2. The van der Waals surface area contributed by atoms with E-state index in [1.165, 1.54) is 19.3 Å². The first-order valence-corrected chi connectivity index (χ1v) is 4.71. The third-order valence-corrected chi connectivity index (χ3v) is 2.02. The van der Waals surface area contributed by atoms with E-state index in [9.17, 15) is 13.6 Å². The fraction of sp³-hybridized carbons (Fsp3) is 0.167. The Labute approximate surface area is 96.9 Å². The van der Waals surface area contributed by atoms with Crippen LogP contribution in [0, 0.1) is 23.0 Å². The van der Waals surface area contributed by atoms with Crippen LogP contribution in [-0.4, -0.2) is 13.1 Å². The zero-order chi connectivity index (χ0) is 12.8. The number of nitriles is 1. The molecule has 17 heavy (non-hydrogen) atoms. The van der Waals surface area contributed by atoms with E-state index in [0.717, 1.165) is 12.1 Å². The number of halogens is 2. The minimum absolute atomic E-state index is 0.000361. The molecule has 0 saturated carbocycles. The maximum Gasteiger partial charge on any atom is 0.309 e. The second kappa shape index (κ2) is 5.75. The Hall–Kier alpha value is -2.22. The summed E-state index contributed by atoms with van der Waals surface area (Å²) in [7, 11) is 1.24. The molecular formula is C12H9F2NO2. The van der Waals surface area contributed by atoms with Crippen LogP contribution in [0.25, 0.3) is 6.08 Å². The maximum absolute atomic E-state index is 12.9. The van der Waals surface area contributed by atoms with Gasteiger partial charge in [-0.2, -0.15) is 5.26 Å². The van der Waals surface area contributed by atoms with Crippen LogP contribution in [0.1, 0.15) is 17.5 Å². The molecule has 0 heterocycles. The van der Waals surface area contributed by atoms with Crippen molar-refractivity contribution < 1.29 is 18.3 Å². The first kappa shape index (κ1) is 12.8. The van der Waals surface area contributed by atoms with Gasteiger partial charge in [-0.25, -0.2) is 8.78 Å². The quantitative estimate of drug-likeness (QED) is 0.758. The van der Waals surface area contributed by atoms with Crippen LogP contribution in [0.15, 0.2) is 18.2 Å². The summed E-state index contributed by atoms with van der Waals surface area (Å²) >= 11 is 0. The zero-order valence-electron chi connectivity index (χ0n) is 9.04.